The Balaban J connectivity index is 2.61. The molecule has 1 heterocycles. The fourth-order valence-corrected chi connectivity index (χ4v) is 2.95. The van der Waals surface area contributed by atoms with Crippen LogP contribution in [-0.4, -0.2) is 16.1 Å². The molecule has 0 saturated heterocycles. The van der Waals surface area contributed by atoms with Crippen LogP contribution < -0.4 is 5.32 Å². The highest BCUT2D eigenvalue weighted by molar-refractivity contribution is 8.00. The molecule has 1 aromatic carbocycles. The van der Waals surface area contributed by atoms with E-state index in [-0.39, 0.29) is 5.91 Å². The lowest BCUT2D eigenvalue weighted by molar-refractivity contribution is -0.114. The van der Waals surface area contributed by atoms with Crippen molar-refractivity contribution in [3.8, 4) is 0 Å². The highest BCUT2D eigenvalue weighted by atomic mass is 35.5. The maximum Gasteiger partial charge on any atom is 0.221 e. The van der Waals surface area contributed by atoms with Crippen LogP contribution in [0.4, 0.5) is 5.69 Å². The molecular weight excluding hydrogens is 280 g/mol. The molecule has 0 fully saturated rings. The highest BCUT2D eigenvalue weighted by Gasteiger charge is 2.12. The summed E-state index contributed by atoms with van der Waals surface area (Å²) in [6.07, 6.45) is 1.69. The zero-order chi connectivity index (χ0) is 14.0. The summed E-state index contributed by atoms with van der Waals surface area (Å²) in [6, 6.07) is 5.62. The van der Waals surface area contributed by atoms with Gasteiger partial charge in [0.1, 0.15) is 0 Å². The average Bonchev–Trinajstić information content (AvgIpc) is 2.31. The van der Waals surface area contributed by atoms with Gasteiger partial charge in [0.15, 0.2) is 0 Å². The first-order chi connectivity index (χ1) is 8.97. The van der Waals surface area contributed by atoms with Crippen LogP contribution in [0.3, 0.4) is 0 Å². The fourth-order valence-electron chi connectivity index (χ4n) is 1.78. The monoisotopic (exact) mass is 294 g/mol. The minimum absolute atomic E-state index is 0.0966. The van der Waals surface area contributed by atoms with E-state index in [1.165, 1.54) is 6.92 Å². The number of amides is 1. The van der Waals surface area contributed by atoms with Crippen LogP contribution in [0.25, 0.3) is 10.9 Å². The van der Waals surface area contributed by atoms with Crippen molar-refractivity contribution in [1.29, 1.82) is 0 Å². The zero-order valence-corrected chi connectivity index (χ0v) is 12.6. The topological polar surface area (TPSA) is 42.0 Å². The van der Waals surface area contributed by atoms with Gasteiger partial charge in [0.05, 0.1) is 17.4 Å². The number of hydrogen-bond acceptors (Lipinski definition) is 3. The van der Waals surface area contributed by atoms with Gasteiger partial charge >= 0.3 is 0 Å². The summed E-state index contributed by atoms with van der Waals surface area (Å²) in [7, 11) is 0. The number of anilines is 1. The molecular formula is C14H15ClN2OS. The molecule has 1 aromatic heterocycles. The van der Waals surface area contributed by atoms with Crippen molar-refractivity contribution in [3.63, 3.8) is 0 Å². The maximum atomic E-state index is 11.3. The van der Waals surface area contributed by atoms with Crippen LogP contribution in [0.2, 0.25) is 5.02 Å². The van der Waals surface area contributed by atoms with Gasteiger partial charge in [0, 0.05) is 27.5 Å². The molecule has 2 aromatic rings. The van der Waals surface area contributed by atoms with Crippen LogP contribution in [0.15, 0.2) is 29.3 Å². The fraction of sp³-hybridized carbons (Fsp3) is 0.286. The molecule has 0 aliphatic carbocycles. The van der Waals surface area contributed by atoms with Crippen molar-refractivity contribution in [1.82, 2.24) is 4.98 Å². The van der Waals surface area contributed by atoms with Crippen LogP contribution in [0.5, 0.6) is 0 Å². The van der Waals surface area contributed by atoms with E-state index in [2.05, 4.69) is 24.1 Å². The molecule has 0 bridgehead atoms. The molecule has 100 valence electrons. The molecule has 2 rings (SSSR count). The Hall–Kier alpha value is -1.26. The van der Waals surface area contributed by atoms with Gasteiger partial charge in [-0.2, -0.15) is 0 Å². The maximum absolute atomic E-state index is 11.3. The molecule has 0 atom stereocenters. The summed E-state index contributed by atoms with van der Waals surface area (Å²) in [5.74, 6) is -0.0966. The number of fused-ring (bicyclic) bond motifs is 1. The SMILES string of the molecule is CC(=O)Nc1cnc2cc(Cl)ccc2c1SC(C)C. The number of nitrogens with one attached hydrogen (secondary N) is 1. The van der Waals surface area contributed by atoms with Gasteiger partial charge in [-0.25, -0.2) is 0 Å². The second-order valence-corrected chi connectivity index (χ2v) is 6.53. The first-order valence-electron chi connectivity index (χ1n) is 6.00. The standard InChI is InChI=1S/C14H15ClN2OS/c1-8(2)19-14-11-5-4-10(15)6-12(11)16-7-13(14)17-9(3)18/h4-8H,1-3H3,(H,17,18). The lowest BCUT2D eigenvalue weighted by Crippen LogP contribution is -2.08. The van der Waals surface area contributed by atoms with E-state index >= 15 is 0 Å². The van der Waals surface area contributed by atoms with Crippen molar-refractivity contribution in [3.05, 3.63) is 29.4 Å². The van der Waals surface area contributed by atoms with Crippen LogP contribution in [0.1, 0.15) is 20.8 Å². The van der Waals surface area contributed by atoms with E-state index in [9.17, 15) is 4.79 Å². The number of carbonyl (C=O) groups is 1. The molecule has 19 heavy (non-hydrogen) atoms. The average molecular weight is 295 g/mol. The van der Waals surface area contributed by atoms with Gasteiger partial charge in [-0.1, -0.05) is 31.5 Å². The number of carbonyl (C=O) groups excluding carboxylic acids is 1. The van der Waals surface area contributed by atoms with Crippen molar-refractivity contribution >= 4 is 45.9 Å². The lowest BCUT2D eigenvalue weighted by Gasteiger charge is -2.14. The molecule has 0 aliphatic rings. The number of pyridine rings is 1. The second-order valence-electron chi connectivity index (χ2n) is 4.51. The predicted octanol–water partition coefficient (Wildman–Crippen LogP) is 4.35. The summed E-state index contributed by atoms with van der Waals surface area (Å²) in [5, 5.41) is 4.91. The van der Waals surface area contributed by atoms with Gasteiger partial charge in [-0.05, 0) is 12.1 Å². The highest BCUT2D eigenvalue weighted by Crippen LogP contribution is 2.36. The van der Waals surface area contributed by atoms with E-state index in [1.807, 2.05) is 18.2 Å². The summed E-state index contributed by atoms with van der Waals surface area (Å²) < 4.78 is 0. The number of thioether (sulfide) groups is 1. The van der Waals surface area contributed by atoms with Gasteiger partial charge in [0.2, 0.25) is 5.91 Å². The minimum atomic E-state index is -0.0966. The molecule has 0 saturated carbocycles. The van der Waals surface area contributed by atoms with E-state index < -0.39 is 0 Å². The Labute approximate surface area is 121 Å². The Morgan fingerprint density at radius 1 is 1.42 bits per heavy atom. The summed E-state index contributed by atoms with van der Waals surface area (Å²) in [4.78, 5) is 16.7. The van der Waals surface area contributed by atoms with E-state index in [0.717, 1.165) is 21.5 Å². The third-order valence-corrected chi connectivity index (χ3v) is 3.83. The van der Waals surface area contributed by atoms with Crippen molar-refractivity contribution in [2.24, 2.45) is 0 Å². The van der Waals surface area contributed by atoms with Crippen LogP contribution >= 0.6 is 23.4 Å². The number of nitrogens with zero attached hydrogens (tertiary/aromatic N) is 1. The quantitative estimate of drug-likeness (QED) is 0.856. The van der Waals surface area contributed by atoms with Crippen molar-refractivity contribution < 1.29 is 4.79 Å². The predicted molar refractivity (Wildman–Crippen MR) is 82.0 cm³/mol. The van der Waals surface area contributed by atoms with Crippen molar-refractivity contribution in [2.45, 2.75) is 30.9 Å². The minimum Gasteiger partial charge on any atom is -0.324 e. The summed E-state index contributed by atoms with van der Waals surface area (Å²) in [5.41, 5.74) is 1.59. The van der Waals surface area contributed by atoms with Gasteiger partial charge in [-0.15, -0.1) is 11.8 Å². The van der Waals surface area contributed by atoms with Gasteiger partial charge < -0.3 is 5.32 Å². The summed E-state index contributed by atoms with van der Waals surface area (Å²) >= 11 is 7.69. The second kappa shape index (κ2) is 5.80. The molecule has 0 unspecified atom stereocenters. The Bertz CT molecular complexity index is 628. The Morgan fingerprint density at radius 2 is 2.16 bits per heavy atom. The van der Waals surface area contributed by atoms with E-state index in [1.54, 1.807) is 18.0 Å². The zero-order valence-electron chi connectivity index (χ0n) is 11.0. The molecule has 1 amide bonds. The van der Waals surface area contributed by atoms with Gasteiger partial charge in [0.25, 0.3) is 0 Å². The Morgan fingerprint density at radius 3 is 2.79 bits per heavy atom. The first kappa shape index (κ1) is 14.2. The van der Waals surface area contributed by atoms with Gasteiger partial charge in [-0.3, -0.25) is 9.78 Å². The number of hydrogen-bond donors (Lipinski definition) is 1. The largest absolute Gasteiger partial charge is 0.324 e. The van der Waals surface area contributed by atoms with E-state index in [4.69, 9.17) is 11.6 Å². The third-order valence-electron chi connectivity index (χ3n) is 2.45. The molecule has 1 N–H and O–H groups in total. The molecule has 3 nitrogen and oxygen atoms in total. The molecule has 0 aliphatic heterocycles. The normalized spacial score (nSPS) is 11.0. The number of halogens is 1. The van der Waals surface area contributed by atoms with Crippen LogP contribution in [0, 0.1) is 0 Å². The molecule has 0 radical (unpaired) electrons. The number of rotatable bonds is 3. The van der Waals surface area contributed by atoms with Crippen molar-refractivity contribution in [2.75, 3.05) is 5.32 Å². The molecule has 5 heteroatoms. The van der Waals surface area contributed by atoms with Crippen LogP contribution in [-0.2, 0) is 4.79 Å². The third kappa shape index (κ3) is 3.39. The molecule has 0 spiro atoms. The number of aromatic nitrogens is 1. The summed E-state index contributed by atoms with van der Waals surface area (Å²) in [6.45, 7) is 5.73. The first-order valence-corrected chi connectivity index (χ1v) is 7.25. The smallest absolute Gasteiger partial charge is 0.221 e. The Kier molecular flexibility index (Phi) is 4.32. The number of benzene rings is 1. The van der Waals surface area contributed by atoms with E-state index in [0.29, 0.717) is 10.3 Å². The lowest BCUT2D eigenvalue weighted by atomic mass is 10.2.